The van der Waals surface area contributed by atoms with E-state index in [0.29, 0.717) is 0 Å². The van der Waals surface area contributed by atoms with Crippen LogP contribution in [0.25, 0.3) is 6.08 Å². The zero-order valence-electron chi connectivity index (χ0n) is 18.7. The van der Waals surface area contributed by atoms with E-state index in [1.807, 2.05) is 18.2 Å². The monoisotopic (exact) mass is 393 g/mol. The Bertz CT molecular complexity index is 861. The lowest BCUT2D eigenvalue weighted by Gasteiger charge is -2.34. The van der Waals surface area contributed by atoms with Gasteiger partial charge in [-0.3, -0.25) is 0 Å². The molecule has 2 unspecified atom stereocenters. The lowest BCUT2D eigenvalue weighted by Crippen LogP contribution is -2.38. The van der Waals surface area contributed by atoms with Crippen molar-refractivity contribution in [1.82, 2.24) is 4.90 Å². The lowest BCUT2D eigenvalue weighted by molar-refractivity contribution is 0.0216. The van der Waals surface area contributed by atoms with Gasteiger partial charge in [0.25, 0.3) is 0 Å². The van der Waals surface area contributed by atoms with Crippen LogP contribution < -0.4 is 4.74 Å². The van der Waals surface area contributed by atoms with Crippen molar-refractivity contribution in [3.63, 3.8) is 0 Å². The number of hydrogen-bond donors (Lipinski definition) is 1. The summed E-state index contributed by atoms with van der Waals surface area (Å²) in [5.74, 6) is 0.995. The topological polar surface area (TPSA) is 32.7 Å². The Balaban J connectivity index is 2.05. The van der Waals surface area contributed by atoms with E-state index in [9.17, 15) is 5.11 Å². The van der Waals surface area contributed by atoms with E-state index in [-0.39, 0.29) is 11.3 Å². The summed E-state index contributed by atoms with van der Waals surface area (Å²) in [6.07, 6.45) is 4.02. The molecule has 3 heteroatoms. The molecule has 156 valence electrons. The third-order valence-electron chi connectivity index (χ3n) is 6.05. The molecule has 0 amide bonds. The highest BCUT2D eigenvalue weighted by Gasteiger charge is 2.46. The summed E-state index contributed by atoms with van der Waals surface area (Å²) in [7, 11) is 5.84. The number of ether oxygens (including phenoxy) is 1. The maximum atomic E-state index is 12.1. The number of benzene rings is 2. The minimum Gasteiger partial charge on any atom is -0.497 e. The minimum absolute atomic E-state index is 0.0964. The van der Waals surface area contributed by atoms with Gasteiger partial charge in [-0.1, -0.05) is 63.2 Å². The highest BCUT2D eigenvalue weighted by molar-refractivity contribution is 5.59. The minimum atomic E-state index is -0.955. The van der Waals surface area contributed by atoms with E-state index in [2.05, 4.69) is 76.2 Å². The fourth-order valence-electron chi connectivity index (χ4n) is 4.42. The summed E-state index contributed by atoms with van der Waals surface area (Å²) < 4.78 is 5.38. The summed E-state index contributed by atoms with van der Waals surface area (Å²) in [5, 5.41) is 12.1. The second kappa shape index (κ2) is 8.33. The van der Waals surface area contributed by atoms with Crippen molar-refractivity contribution in [3.05, 3.63) is 70.8 Å². The predicted octanol–water partition coefficient (Wildman–Crippen LogP) is 5.24. The molecule has 0 aromatic heterocycles. The van der Waals surface area contributed by atoms with Gasteiger partial charge in [0.2, 0.25) is 0 Å². The summed E-state index contributed by atoms with van der Waals surface area (Å²) in [6.45, 7) is 7.51. The molecule has 0 bridgehead atoms. The molecule has 3 nitrogen and oxygen atoms in total. The Morgan fingerprint density at radius 1 is 1.14 bits per heavy atom. The number of nitrogens with zero attached hydrogens (tertiary/aromatic N) is 1. The second-order valence-corrected chi connectivity index (χ2v) is 9.54. The fourth-order valence-corrected chi connectivity index (χ4v) is 4.42. The summed E-state index contributed by atoms with van der Waals surface area (Å²) in [6, 6.07) is 16.6. The van der Waals surface area contributed by atoms with Crippen LogP contribution in [0.1, 0.15) is 50.3 Å². The van der Waals surface area contributed by atoms with Crippen LogP contribution in [0.15, 0.2) is 54.1 Å². The maximum absolute atomic E-state index is 12.1. The molecule has 0 aliphatic heterocycles. The number of rotatable bonds is 5. The largest absolute Gasteiger partial charge is 0.497 e. The van der Waals surface area contributed by atoms with Gasteiger partial charge in [0, 0.05) is 12.5 Å². The molecule has 2 aromatic carbocycles. The fraction of sp³-hybridized carbons (Fsp3) is 0.462. The average molecular weight is 394 g/mol. The van der Waals surface area contributed by atoms with Crippen molar-refractivity contribution >= 4 is 6.08 Å². The summed E-state index contributed by atoms with van der Waals surface area (Å²) in [5.41, 5.74) is 3.56. The summed E-state index contributed by atoms with van der Waals surface area (Å²) >= 11 is 0. The predicted molar refractivity (Wildman–Crippen MR) is 121 cm³/mol. The molecular formula is C26H35NO2. The van der Waals surface area contributed by atoms with E-state index in [1.165, 1.54) is 5.56 Å². The Morgan fingerprint density at radius 2 is 1.83 bits per heavy atom. The SMILES string of the molecule is COc1cccc(C=C2CCC(CN(C)C)C2(O)c2ccc(C(C)(C)C)cc2)c1. The van der Waals surface area contributed by atoms with Gasteiger partial charge >= 0.3 is 0 Å². The van der Waals surface area contributed by atoms with E-state index in [1.54, 1.807) is 7.11 Å². The third kappa shape index (κ3) is 4.57. The molecule has 1 aliphatic carbocycles. The lowest BCUT2D eigenvalue weighted by atomic mass is 9.78. The molecule has 2 atom stereocenters. The Kier molecular flexibility index (Phi) is 6.21. The summed E-state index contributed by atoms with van der Waals surface area (Å²) in [4.78, 5) is 2.17. The Morgan fingerprint density at radius 3 is 2.41 bits per heavy atom. The quantitative estimate of drug-likeness (QED) is 0.754. The van der Waals surface area contributed by atoms with Crippen molar-refractivity contribution in [3.8, 4) is 5.75 Å². The Hall–Kier alpha value is -2.10. The molecule has 2 aromatic rings. The first-order chi connectivity index (χ1) is 13.6. The van der Waals surface area contributed by atoms with Gasteiger partial charge in [-0.05, 0) is 66.7 Å². The molecule has 1 saturated carbocycles. The van der Waals surface area contributed by atoms with E-state index < -0.39 is 5.60 Å². The zero-order chi connectivity index (χ0) is 21.2. The van der Waals surface area contributed by atoms with E-state index >= 15 is 0 Å². The van der Waals surface area contributed by atoms with Crippen molar-refractivity contribution < 1.29 is 9.84 Å². The average Bonchev–Trinajstić information content (AvgIpc) is 2.97. The van der Waals surface area contributed by atoms with E-state index in [4.69, 9.17) is 4.74 Å². The normalized spacial score (nSPS) is 23.7. The van der Waals surface area contributed by atoms with Crippen LogP contribution >= 0.6 is 0 Å². The molecule has 0 saturated heterocycles. The first-order valence-corrected chi connectivity index (χ1v) is 10.5. The highest BCUT2D eigenvalue weighted by atomic mass is 16.5. The first-order valence-electron chi connectivity index (χ1n) is 10.5. The van der Waals surface area contributed by atoms with Crippen LogP contribution in [-0.2, 0) is 11.0 Å². The van der Waals surface area contributed by atoms with Crippen LogP contribution in [0, 0.1) is 5.92 Å². The zero-order valence-corrected chi connectivity index (χ0v) is 18.7. The van der Waals surface area contributed by atoms with Gasteiger partial charge < -0.3 is 14.7 Å². The van der Waals surface area contributed by atoms with Gasteiger partial charge in [-0.25, -0.2) is 0 Å². The first kappa shape index (κ1) is 21.6. The van der Waals surface area contributed by atoms with Crippen LogP contribution in [-0.4, -0.2) is 37.8 Å². The van der Waals surface area contributed by atoms with E-state index in [0.717, 1.165) is 41.8 Å². The molecule has 1 aliphatic rings. The molecule has 1 N–H and O–H groups in total. The molecule has 29 heavy (non-hydrogen) atoms. The van der Waals surface area contributed by atoms with Crippen LogP contribution in [0.2, 0.25) is 0 Å². The highest BCUT2D eigenvalue weighted by Crippen LogP contribution is 2.48. The van der Waals surface area contributed by atoms with Crippen LogP contribution in [0.3, 0.4) is 0 Å². The molecule has 0 radical (unpaired) electrons. The van der Waals surface area contributed by atoms with Crippen molar-refractivity contribution in [2.45, 2.75) is 44.6 Å². The van der Waals surface area contributed by atoms with Gasteiger partial charge in [0.1, 0.15) is 11.4 Å². The van der Waals surface area contributed by atoms with Crippen molar-refractivity contribution in [1.29, 1.82) is 0 Å². The van der Waals surface area contributed by atoms with Crippen LogP contribution in [0.4, 0.5) is 0 Å². The van der Waals surface area contributed by atoms with Crippen molar-refractivity contribution in [2.24, 2.45) is 5.92 Å². The molecule has 0 heterocycles. The number of hydrogen-bond acceptors (Lipinski definition) is 3. The standard InChI is InChI=1S/C26H35NO2/c1-25(2,3)20-10-12-21(13-11-20)26(28)22(14-15-23(26)18-27(4)5)16-19-8-7-9-24(17-19)29-6/h7-13,16-17,23,28H,14-15,18H2,1-6H3. The second-order valence-electron chi connectivity index (χ2n) is 9.54. The van der Waals surface area contributed by atoms with Crippen LogP contribution in [0.5, 0.6) is 5.75 Å². The Labute approximate surface area is 176 Å². The number of aliphatic hydroxyl groups is 1. The molecule has 0 spiro atoms. The third-order valence-corrected chi connectivity index (χ3v) is 6.05. The van der Waals surface area contributed by atoms with Gasteiger partial charge in [0.05, 0.1) is 7.11 Å². The van der Waals surface area contributed by atoms with Crippen molar-refractivity contribution in [2.75, 3.05) is 27.7 Å². The van der Waals surface area contributed by atoms with Gasteiger partial charge in [0.15, 0.2) is 0 Å². The molecular weight excluding hydrogens is 358 g/mol. The smallest absolute Gasteiger partial charge is 0.119 e. The number of methoxy groups -OCH3 is 1. The molecule has 3 rings (SSSR count). The molecule has 1 fully saturated rings. The van der Waals surface area contributed by atoms with Gasteiger partial charge in [-0.2, -0.15) is 0 Å². The maximum Gasteiger partial charge on any atom is 0.119 e. The van der Waals surface area contributed by atoms with Gasteiger partial charge in [-0.15, -0.1) is 0 Å².